The second kappa shape index (κ2) is 8.41. The van der Waals surface area contributed by atoms with Gasteiger partial charge in [0.15, 0.2) is 0 Å². The van der Waals surface area contributed by atoms with Gasteiger partial charge in [-0.25, -0.2) is 9.18 Å². The highest BCUT2D eigenvalue weighted by atomic mass is 35.5. The molecular formula is C23H19ClF7NO2. The molecule has 3 nitrogen and oxygen atoms in total. The van der Waals surface area contributed by atoms with Crippen LogP contribution in [0.3, 0.4) is 0 Å². The number of fused-ring (bicyclic) bond motifs is 3. The smallest absolute Gasteiger partial charge is 0.435 e. The van der Waals surface area contributed by atoms with Crippen molar-refractivity contribution in [2.45, 2.75) is 55.8 Å². The molecule has 2 aliphatic rings. The van der Waals surface area contributed by atoms with Gasteiger partial charge in [0.25, 0.3) is 0 Å². The fourth-order valence-electron chi connectivity index (χ4n) is 5.12. The van der Waals surface area contributed by atoms with Gasteiger partial charge in [-0.3, -0.25) is 4.90 Å². The second-order valence-corrected chi connectivity index (χ2v) is 9.07. The Balaban J connectivity index is 1.58. The molecule has 0 amide bonds. The van der Waals surface area contributed by atoms with E-state index in [1.807, 2.05) is 0 Å². The summed E-state index contributed by atoms with van der Waals surface area (Å²) >= 11 is 6.04. The first-order valence-electron chi connectivity index (χ1n) is 10.5. The standard InChI is InChI=1S/C23H19ClF7NO2/c24-18-9-12(1-4-17(18)20(33)34)11-32-8-7-16-15-5-3-14(10-13(15)2-6-19(16)32)21(25,22(26,27)28)23(29,30)31/h1,3-5,9-10,16,19H,2,6-8,11H2,(H,33,34). The molecule has 2 aromatic rings. The van der Waals surface area contributed by atoms with E-state index in [0.717, 1.165) is 5.56 Å². The Kier molecular flexibility index (Phi) is 6.13. The van der Waals surface area contributed by atoms with E-state index in [0.29, 0.717) is 49.2 Å². The Labute approximate surface area is 195 Å². The van der Waals surface area contributed by atoms with Crippen molar-refractivity contribution < 1.29 is 40.6 Å². The third-order valence-electron chi connectivity index (χ3n) is 6.74. The van der Waals surface area contributed by atoms with Crippen LogP contribution in [-0.2, 0) is 18.6 Å². The molecule has 0 radical (unpaired) electrons. The van der Waals surface area contributed by atoms with E-state index in [4.69, 9.17) is 16.7 Å². The van der Waals surface area contributed by atoms with Gasteiger partial charge in [0, 0.05) is 24.1 Å². The van der Waals surface area contributed by atoms with Gasteiger partial charge in [0.1, 0.15) is 0 Å². The molecule has 184 valence electrons. The molecule has 0 spiro atoms. The van der Waals surface area contributed by atoms with Crippen LogP contribution in [0.2, 0.25) is 5.02 Å². The topological polar surface area (TPSA) is 40.5 Å². The number of nitrogens with zero attached hydrogens (tertiary/aromatic N) is 1. The van der Waals surface area contributed by atoms with E-state index < -0.39 is 29.6 Å². The number of carbonyl (C=O) groups is 1. The number of aromatic carboxylic acids is 1. The average molecular weight is 510 g/mol. The number of likely N-dealkylation sites (tertiary alicyclic amines) is 1. The van der Waals surface area contributed by atoms with Gasteiger partial charge in [0.05, 0.1) is 10.6 Å². The normalized spacial score (nSPS) is 21.3. The summed E-state index contributed by atoms with van der Waals surface area (Å²) in [4.78, 5) is 13.3. The first-order valence-corrected chi connectivity index (χ1v) is 10.8. The Morgan fingerprint density at radius 3 is 2.26 bits per heavy atom. The molecule has 0 bridgehead atoms. The number of halogens is 8. The molecule has 1 saturated heterocycles. The molecule has 1 N–H and O–H groups in total. The molecule has 1 heterocycles. The molecule has 1 fully saturated rings. The Bertz CT molecular complexity index is 1100. The number of rotatable bonds is 4. The van der Waals surface area contributed by atoms with Gasteiger partial charge in [-0.2, -0.15) is 26.3 Å². The summed E-state index contributed by atoms with van der Waals surface area (Å²) in [6, 6.07) is 7.12. The molecule has 4 rings (SSSR count). The predicted molar refractivity (Wildman–Crippen MR) is 110 cm³/mol. The molecule has 11 heteroatoms. The number of hydrogen-bond acceptors (Lipinski definition) is 2. The highest BCUT2D eigenvalue weighted by Crippen LogP contribution is 2.54. The van der Waals surface area contributed by atoms with E-state index in [1.165, 1.54) is 12.1 Å². The van der Waals surface area contributed by atoms with Gasteiger partial charge in [-0.05, 0) is 54.6 Å². The van der Waals surface area contributed by atoms with Crippen LogP contribution in [0, 0.1) is 0 Å². The Morgan fingerprint density at radius 2 is 1.68 bits per heavy atom. The summed E-state index contributed by atoms with van der Waals surface area (Å²) in [7, 11) is 0. The summed E-state index contributed by atoms with van der Waals surface area (Å²) in [5, 5.41) is 9.21. The zero-order valence-electron chi connectivity index (χ0n) is 17.5. The van der Waals surface area contributed by atoms with Crippen molar-refractivity contribution in [1.82, 2.24) is 4.90 Å². The molecule has 1 aliphatic heterocycles. The van der Waals surface area contributed by atoms with Crippen LogP contribution >= 0.6 is 11.6 Å². The minimum Gasteiger partial charge on any atom is -0.478 e. The lowest BCUT2D eigenvalue weighted by atomic mass is 9.77. The molecular weight excluding hydrogens is 491 g/mol. The van der Waals surface area contributed by atoms with Crippen LogP contribution in [0.1, 0.15) is 51.4 Å². The molecule has 34 heavy (non-hydrogen) atoms. The fourth-order valence-corrected chi connectivity index (χ4v) is 5.40. The van der Waals surface area contributed by atoms with Gasteiger partial charge >= 0.3 is 24.0 Å². The fraction of sp³-hybridized carbons (Fsp3) is 0.435. The third kappa shape index (κ3) is 4.04. The molecule has 0 saturated carbocycles. The quantitative estimate of drug-likeness (QED) is 0.470. The molecule has 2 unspecified atom stereocenters. The maximum Gasteiger partial charge on any atom is 0.435 e. The highest BCUT2D eigenvalue weighted by molar-refractivity contribution is 6.33. The van der Waals surface area contributed by atoms with Gasteiger partial charge in [0.2, 0.25) is 0 Å². The maximum absolute atomic E-state index is 14.5. The summed E-state index contributed by atoms with van der Waals surface area (Å²) in [6.45, 7) is 1.09. The summed E-state index contributed by atoms with van der Waals surface area (Å²) < 4.78 is 93.4. The zero-order valence-corrected chi connectivity index (χ0v) is 18.2. The van der Waals surface area contributed by atoms with Gasteiger partial charge in [-0.1, -0.05) is 35.9 Å². The van der Waals surface area contributed by atoms with Crippen molar-refractivity contribution >= 4 is 17.6 Å². The molecule has 1 aliphatic carbocycles. The van der Waals surface area contributed by atoms with E-state index in [-0.39, 0.29) is 29.0 Å². The minimum absolute atomic E-state index is 0.00311. The number of benzene rings is 2. The monoisotopic (exact) mass is 509 g/mol. The van der Waals surface area contributed by atoms with E-state index >= 15 is 0 Å². The van der Waals surface area contributed by atoms with Crippen LogP contribution in [0.15, 0.2) is 36.4 Å². The number of alkyl halides is 7. The van der Waals surface area contributed by atoms with Crippen molar-refractivity contribution in [3.8, 4) is 0 Å². The summed E-state index contributed by atoms with van der Waals surface area (Å²) in [6.07, 6.45) is -10.9. The second-order valence-electron chi connectivity index (χ2n) is 8.66. The predicted octanol–water partition coefficient (Wildman–Crippen LogP) is 6.63. The number of carboxylic acid groups (broad SMARTS) is 1. The number of hydrogen-bond donors (Lipinski definition) is 1. The number of aryl methyl sites for hydroxylation is 1. The lowest BCUT2D eigenvalue weighted by molar-refractivity contribution is -0.348. The minimum atomic E-state index is -6.14. The zero-order chi connectivity index (χ0) is 25.1. The first-order chi connectivity index (χ1) is 15.7. The SMILES string of the molecule is O=C(O)c1ccc(CN2CCC3c4ccc(C(F)(C(F)(F)F)C(F)(F)F)cc4CCC32)cc1Cl. The largest absolute Gasteiger partial charge is 0.478 e. The third-order valence-corrected chi connectivity index (χ3v) is 7.05. The van der Waals surface area contributed by atoms with Crippen LogP contribution in [0.25, 0.3) is 0 Å². The average Bonchev–Trinajstić information content (AvgIpc) is 3.14. The van der Waals surface area contributed by atoms with Crippen LogP contribution in [0.4, 0.5) is 30.7 Å². The molecule has 0 aromatic heterocycles. The van der Waals surface area contributed by atoms with Crippen molar-refractivity contribution in [2.24, 2.45) is 0 Å². The van der Waals surface area contributed by atoms with Crippen molar-refractivity contribution in [3.63, 3.8) is 0 Å². The van der Waals surface area contributed by atoms with E-state index in [2.05, 4.69) is 4.90 Å². The van der Waals surface area contributed by atoms with Crippen LogP contribution < -0.4 is 0 Å². The van der Waals surface area contributed by atoms with Crippen LogP contribution in [-0.4, -0.2) is 40.9 Å². The van der Waals surface area contributed by atoms with E-state index in [1.54, 1.807) is 12.1 Å². The van der Waals surface area contributed by atoms with Crippen molar-refractivity contribution in [2.75, 3.05) is 6.54 Å². The Morgan fingerprint density at radius 1 is 1.00 bits per heavy atom. The number of carboxylic acids is 1. The maximum atomic E-state index is 14.5. The van der Waals surface area contributed by atoms with E-state index in [9.17, 15) is 35.5 Å². The Hall–Kier alpha value is -2.33. The first kappa shape index (κ1) is 24.8. The lowest BCUT2D eigenvalue weighted by Crippen LogP contribution is -2.50. The van der Waals surface area contributed by atoms with Gasteiger partial charge in [-0.15, -0.1) is 0 Å². The molecule has 2 atom stereocenters. The van der Waals surface area contributed by atoms with Crippen molar-refractivity contribution in [1.29, 1.82) is 0 Å². The summed E-state index contributed by atoms with van der Waals surface area (Å²) in [5.41, 5.74) is -5.19. The van der Waals surface area contributed by atoms with Gasteiger partial charge < -0.3 is 5.11 Å². The van der Waals surface area contributed by atoms with Crippen molar-refractivity contribution in [3.05, 3.63) is 69.2 Å². The highest BCUT2D eigenvalue weighted by Gasteiger charge is 2.73. The summed E-state index contributed by atoms with van der Waals surface area (Å²) in [5.74, 6) is -1.26. The van der Waals surface area contributed by atoms with Crippen LogP contribution in [0.5, 0.6) is 0 Å². The molecule has 2 aromatic carbocycles. The lowest BCUT2D eigenvalue weighted by Gasteiger charge is -2.35.